The molecule has 2 unspecified atom stereocenters. The number of ether oxygens (including phenoxy) is 4. The van der Waals surface area contributed by atoms with Crippen LogP contribution in [-0.4, -0.2) is 96.7 Å². The molecule has 3 N–H and O–H groups in total. The molecule has 0 aliphatic carbocycles. The van der Waals surface area contributed by atoms with E-state index in [1.165, 1.54) is 19.3 Å². The van der Waals surface area contributed by atoms with Gasteiger partial charge in [-0.2, -0.15) is 0 Å². The van der Waals surface area contributed by atoms with Gasteiger partial charge in [0.25, 0.3) is 0 Å². The number of unbranched alkanes of at least 4 members (excludes halogenated alkanes) is 10. The van der Waals surface area contributed by atoms with Crippen molar-refractivity contribution in [2.75, 3.05) is 39.6 Å². The highest BCUT2D eigenvalue weighted by Gasteiger charge is 2.30. The van der Waals surface area contributed by atoms with Gasteiger partial charge in [0.15, 0.2) is 12.2 Å². The van der Waals surface area contributed by atoms with E-state index in [-0.39, 0.29) is 25.7 Å². The molecule has 0 radical (unpaired) electrons. The Labute approximate surface area is 688 Å². The molecule has 0 aliphatic rings. The number of esters is 4. The summed E-state index contributed by atoms with van der Waals surface area (Å²) in [6.45, 7) is 4.24. The maximum atomic E-state index is 13.1. The molecule has 0 aromatic heterocycles. The van der Waals surface area contributed by atoms with E-state index in [1.807, 2.05) is 30.4 Å². The molecule has 0 bridgehead atoms. The van der Waals surface area contributed by atoms with E-state index in [1.54, 1.807) is 0 Å². The molecule has 114 heavy (non-hydrogen) atoms. The Balaban J connectivity index is 5.62. The Hall–Kier alpha value is -7.14. The minimum atomic E-state index is -5.03. The van der Waals surface area contributed by atoms with Crippen LogP contribution in [0.25, 0.3) is 0 Å². The fourth-order valence-electron chi connectivity index (χ4n) is 10.00. The maximum Gasteiger partial charge on any atom is 0.472 e. The topological polar surface area (TPSA) is 237 Å². The van der Waals surface area contributed by atoms with Crippen LogP contribution in [0.1, 0.15) is 272 Å². The van der Waals surface area contributed by atoms with Crippen molar-refractivity contribution in [3.05, 3.63) is 243 Å². The van der Waals surface area contributed by atoms with Gasteiger partial charge < -0.3 is 33.8 Å². The third-order valence-electron chi connectivity index (χ3n) is 16.3. The van der Waals surface area contributed by atoms with E-state index in [9.17, 15) is 43.2 Å². The van der Waals surface area contributed by atoms with Gasteiger partial charge in [0, 0.05) is 25.7 Å². The van der Waals surface area contributed by atoms with E-state index in [4.69, 9.17) is 37.0 Å². The number of aliphatic hydroxyl groups excluding tert-OH is 1. The van der Waals surface area contributed by atoms with Crippen molar-refractivity contribution in [3.8, 4) is 0 Å². The van der Waals surface area contributed by atoms with Gasteiger partial charge in [-0.1, -0.05) is 296 Å². The average molecular weight is 1620 g/mol. The van der Waals surface area contributed by atoms with Crippen molar-refractivity contribution in [1.82, 2.24) is 0 Å². The number of rotatable bonds is 76. The number of phosphoric ester groups is 2. The smallest absolute Gasteiger partial charge is 0.462 e. The van der Waals surface area contributed by atoms with Crippen molar-refractivity contribution in [3.63, 3.8) is 0 Å². The summed E-state index contributed by atoms with van der Waals surface area (Å²) in [6, 6.07) is 0. The zero-order valence-corrected chi connectivity index (χ0v) is 71.7. The fraction of sp³-hybridized carbons (Fsp3) is 0.537. The summed E-state index contributed by atoms with van der Waals surface area (Å²) in [5, 5.41) is 10.7. The quantitative estimate of drug-likeness (QED) is 0.0169. The number of hydrogen-bond acceptors (Lipinski definition) is 15. The lowest BCUT2D eigenvalue weighted by molar-refractivity contribution is -0.161. The number of aliphatic hydroxyl groups is 1. The van der Waals surface area contributed by atoms with Gasteiger partial charge in [0.05, 0.1) is 26.4 Å². The summed E-state index contributed by atoms with van der Waals surface area (Å²) >= 11 is 0. The number of phosphoric acid groups is 2. The highest BCUT2D eigenvalue weighted by molar-refractivity contribution is 7.47. The summed E-state index contributed by atoms with van der Waals surface area (Å²) < 4.78 is 68.6. The molecule has 0 rings (SSSR count). The predicted octanol–water partition coefficient (Wildman–Crippen LogP) is 25.6. The van der Waals surface area contributed by atoms with Crippen molar-refractivity contribution in [2.24, 2.45) is 0 Å². The van der Waals surface area contributed by atoms with Crippen molar-refractivity contribution >= 4 is 39.5 Å². The molecule has 0 fully saturated rings. The third-order valence-corrected chi connectivity index (χ3v) is 18.2. The molecule has 0 aliphatic heterocycles. The van der Waals surface area contributed by atoms with Crippen LogP contribution in [-0.2, 0) is 65.4 Å². The zero-order chi connectivity index (χ0) is 83.1. The van der Waals surface area contributed by atoms with Crippen molar-refractivity contribution in [1.29, 1.82) is 0 Å². The first-order valence-corrected chi connectivity index (χ1v) is 45.3. The Morgan fingerprint density at radius 1 is 0.254 bits per heavy atom. The largest absolute Gasteiger partial charge is 0.472 e. The highest BCUT2D eigenvalue weighted by atomic mass is 31.2. The van der Waals surface area contributed by atoms with E-state index < -0.39 is 97.5 Å². The minimum Gasteiger partial charge on any atom is -0.462 e. The Morgan fingerprint density at radius 3 is 0.763 bits per heavy atom. The van der Waals surface area contributed by atoms with Gasteiger partial charge in [-0.3, -0.25) is 37.3 Å². The van der Waals surface area contributed by atoms with Gasteiger partial charge in [-0.15, -0.1) is 0 Å². The molecule has 0 aromatic rings. The summed E-state index contributed by atoms with van der Waals surface area (Å²) in [7, 11) is -10.1. The lowest BCUT2D eigenvalue weighted by Crippen LogP contribution is -2.30. The first kappa shape index (κ1) is 107. The molecular formula is C95H146O17P2. The summed E-state index contributed by atoms with van der Waals surface area (Å²) in [5.74, 6) is -2.45. The van der Waals surface area contributed by atoms with Crippen LogP contribution in [0.3, 0.4) is 0 Å². The van der Waals surface area contributed by atoms with Crippen LogP contribution in [0, 0.1) is 0 Å². The Bertz CT molecular complexity index is 3120. The van der Waals surface area contributed by atoms with Crippen LogP contribution in [0.4, 0.5) is 0 Å². The molecule has 17 nitrogen and oxygen atoms in total. The van der Waals surface area contributed by atoms with Crippen LogP contribution >= 0.6 is 15.6 Å². The molecule has 0 saturated heterocycles. The second-order valence-corrected chi connectivity index (χ2v) is 29.8. The second-order valence-electron chi connectivity index (χ2n) is 26.9. The first-order chi connectivity index (χ1) is 55.7. The Kier molecular flexibility index (Phi) is 78.5. The van der Waals surface area contributed by atoms with Gasteiger partial charge >= 0.3 is 39.5 Å². The zero-order valence-electron chi connectivity index (χ0n) is 69.9. The average Bonchev–Trinajstić information content (AvgIpc) is 0.899. The predicted molar refractivity (Wildman–Crippen MR) is 472 cm³/mol. The van der Waals surface area contributed by atoms with Gasteiger partial charge in [-0.05, 0) is 193 Å². The van der Waals surface area contributed by atoms with Crippen LogP contribution < -0.4 is 0 Å². The first-order valence-electron chi connectivity index (χ1n) is 42.3. The number of hydrogen-bond donors (Lipinski definition) is 3. The SMILES string of the molecule is CC/C=C\C/C=C\C/C=C\C/C=C\C/C=C\C/C=C\CCC(=O)OC[C@H](COP(=O)(O)OC[C@@H](O)COP(=O)(O)OC[C@@H](COC(=O)CCC/C=C\C/C=C\C/C=C\C/C=C\CCCCC)OC(=O)CCCCC/C=C\C/C=C\C/C=C\C/C=C\C/C=C\CC)OC(=O)CCCCC/C=C\C/C=C\C/C=C\C/C=C\C/C=C\CC. The molecular weight excluding hydrogens is 1470 g/mol. The van der Waals surface area contributed by atoms with Crippen LogP contribution in [0.2, 0.25) is 0 Å². The highest BCUT2D eigenvalue weighted by Crippen LogP contribution is 2.45. The van der Waals surface area contributed by atoms with Crippen molar-refractivity contribution < 1.29 is 80.2 Å². The van der Waals surface area contributed by atoms with Crippen molar-refractivity contribution in [2.45, 2.75) is 290 Å². The van der Waals surface area contributed by atoms with Gasteiger partial charge in [0.2, 0.25) is 0 Å². The van der Waals surface area contributed by atoms with E-state index in [0.29, 0.717) is 38.5 Å². The molecule has 0 amide bonds. The summed E-state index contributed by atoms with van der Waals surface area (Å²) in [6.07, 6.45) is 110. The number of carbonyl (C=O) groups is 4. The normalized spacial score (nSPS) is 15.0. The molecule has 5 atom stereocenters. The maximum absolute atomic E-state index is 13.1. The summed E-state index contributed by atoms with van der Waals surface area (Å²) in [4.78, 5) is 73.2. The summed E-state index contributed by atoms with van der Waals surface area (Å²) in [5.41, 5.74) is 0. The van der Waals surface area contributed by atoms with Crippen LogP contribution in [0.5, 0.6) is 0 Å². The van der Waals surface area contributed by atoms with Crippen LogP contribution in [0.15, 0.2) is 243 Å². The van der Waals surface area contributed by atoms with E-state index in [2.05, 4.69) is 240 Å². The molecule has 19 heteroatoms. The standard InChI is InChI=1S/C95H146O17P2/c1-5-9-13-17-21-25-29-33-37-41-44-48-52-56-60-64-68-72-76-80-93(98)106-86-91(112-95(100)82-78-74-70-66-62-58-54-50-46-43-39-35-31-27-23-19-15-11-7-3)88-110-114(103,104)108-84-89(96)83-107-113(101,102)109-87-90(85-105-92(97)79-75-71-67-63-59-55-51-47-40-36-32-28-24-20-16-12-8-4)111-94(99)81-77-73-69-65-61-57-53-49-45-42-38-34-30-26-22-18-14-10-6-2/h9-11,13-15,21-28,33-40,44-46,48-51,55-58,60-63,67-68,72,89-91,96H,5-8,12,16-20,29-32,41-43,47,52-54,59,64-66,69-71,73-88H2,1-4H3,(H,101,102)(H,103,104)/b13-9-,14-10-,15-11-,25-21-,26-22-,27-23-,28-24-,37-33-,38-34-,39-35-,40-36-,48-44-,49-45-,50-46-,55-51-,60-56-,61-57-,62-58-,67-63-,72-68-/t89-,90+,91+/m0/s1. The van der Waals surface area contributed by atoms with Gasteiger partial charge in [-0.25, -0.2) is 9.13 Å². The van der Waals surface area contributed by atoms with Gasteiger partial charge in [0.1, 0.15) is 19.3 Å². The van der Waals surface area contributed by atoms with E-state index >= 15 is 0 Å². The third kappa shape index (κ3) is 82.8. The lowest BCUT2D eigenvalue weighted by Gasteiger charge is -2.21. The second kappa shape index (κ2) is 83.8. The number of carbonyl (C=O) groups excluding carboxylic acids is 4. The molecule has 0 saturated carbocycles. The number of allylic oxidation sites excluding steroid dienone is 40. The molecule has 0 spiro atoms. The molecule has 0 heterocycles. The molecule has 638 valence electrons. The minimum absolute atomic E-state index is 0.0153. The van der Waals surface area contributed by atoms with E-state index in [0.717, 1.165) is 161 Å². The lowest BCUT2D eigenvalue weighted by atomic mass is 10.1. The molecule has 0 aromatic carbocycles. The Morgan fingerprint density at radius 2 is 0.482 bits per heavy atom. The fourth-order valence-corrected chi connectivity index (χ4v) is 11.6. The monoisotopic (exact) mass is 1620 g/mol.